The fraction of sp³-hybridized carbons (Fsp3) is 1.00. The van der Waals surface area contributed by atoms with Gasteiger partial charge in [0.2, 0.25) is 12.8 Å². The summed E-state index contributed by atoms with van der Waals surface area (Å²) in [6.45, 7) is 4.60. The minimum absolute atomic E-state index is 0.486. The van der Waals surface area contributed by atoms with Gasteiger partial charge in [-0.15, -0.1) is 0 Å². The summed E-state index contributed by atoms with van der Waals surface area (Å²) < 4.78 is 14.6. The van der Waals surface area contributed by atoms with Crippen molar-refractivity contribution in [2.24, 2.45) is 11.5 Å². The monoisotopic (exact) mass is 164 g/mol. The molecule has 0 saturated heterocycles. The van der Waals surface area contributed by atoms with Crippen molar-refractivity contribution >= 4 is 0 Å². The zero-order valence-corrected chi connectivity index (χ0v) is 6.95. The Morgan fingerprint density at radius 2 is 1.36 bits per heavy atom. The molecule has 2 unspecified atom stereocenters. The van der Waals surface area contributed by atoms with Crippen LogP contribution >= 0.6 is 0 Å². The molecule has 5 heteroatoms. The predicted molar refractivity (Wildman–Crippen MR) is 40.3 cm³/mol. The SMILES string of the molecule is CCOC(N)OC(N)OCC. The van der Waals surface area contributed by atoms with Crippen LogP contribution in [0, 0.1) is 0 Å². The molecule has 0 aliphatic carbocycles. The van der Waals surface area contributed by atoms with Crippen LogP contribution in [0.4, 0.5) is 0 Å². The molecule has 2 atom stereocenters. The first-order valence-electron chi connectivity index (χ1n) is 3.60. The van der Waals surface area contributed by atoms with Crippen LogP contribution in [0.1, 0.15) is 13.8 Å². The van der Waals surface area contributed by atoms with Crippen molar-refractivity contribution < 1.29 is 14.2 Å². The molecule has 0 aromatic heterocycles. The van der Waals surface area contributed by atoms with Gasteiger partial charge in [0.25, 0.3) is 0 Å². The Morgan fingerprint density at radius 3 is 1.64 bits per heavy atom. The Bertz CT molecular complexity index is 81.9. The minimum Gasteiger partial charge on any atom is -0.340 e. The van der Waals surface area contributed by atoms with Crippen molar-refractivity contribution in [2.45, 2.75) is 26.7 Å². The maximum absolute atomic E-state index is 5.31. The van der Waals surface area contributed by atoms with Gasteiger partial charge in [-0.05, 0) is 13.8 Å². The maximum atomic E-state index is 5.31. The summed E-state index contributed by atoms with van der Waals surface area (Å²) in [4.78, 5) is 0. The lowest BCUT2D eigenvalue weighted by Crippen LogP contribution is -2.38. The predicted octanol–water partition coefficient (Wildman–Crippen LogP) is -0.439. The normalized spacial score (nSPS) is 16.4. The molecule has 11 heavy (non-hydrogen) atoms. The van der Waals surface area contributed by atoms with E-state index in [1.165, 1.54) is 0 Å². The molecule has 0 bridgehead atoms. The van der Waals surface area contributed by atoms with Crippen LogP contribution < -0.4 is 11.5 Å². The van der Waals surface area contributed by atoms with Crippen LogP contribution in [0.3, 0.4) is 0 Å². The highest BCUT2D eigenvalue weighted by molar-refractivity contribution is 4.30. The number of rotatable bonds is 6. The van der Waals surface area contributed by atoms with E-state index in [0.717, 1.165) is 0 Å². The third-order valence-electron chi connectivity index (χ3n) is 0.930. The van der Waals surface area contributed by atoms with Crippen molar-refractivity contribution in [3.8, 4) is 0 Å². The summed E-state index contributed by atoms with van der Waals surface area (Å²) in [6, 6.07) is 0. The molecule has 0 aliphatic heterocycles. The van der Waals surface area contributed by atoms with Gasteiger partial charge >= 0.3 is 0 Å². The van der Waals surface area contributed by atoms with E-state index in [0.29, 0.717) is 13.2 Å². The smallest absolute Gasteiger partial charge is 0.217 e. The highest BCUT2D eigenvalue weighted by Gasteiger charge is 2.07. The molecule has 5 nitrogen and oxygen atoms in total. The van der Waals surface area contributed by atoms with E-state index in [9.17, 15) is 0 Å². The highest BCUT2D eigenvalue weighted by Crippen LogP contribution is 1.91. The van der Waals surface area contributed by atoms with E-state index in [1.54, 1.807) is 0 Å². The average Bonchev–Trinajstić information content (AvgIpc) is 1.87. The molecule has 0 fully saturated rings. The van der Waals surface area contributed by atoms with E-state index >= 15 is 0 Å². The maximum Gasteiger partial charge on any atom is 0.217 e. The van der Waals surface area contributed by atoms with Crippen molar-refractivity contribution in [1.29, 1.82) is 0 Å². The largest absolute Gasteiger partial charge is 0.340 e. The quantitative estimate of drug-likeness (QED) is 0.520. The van der Waals surface area contributed by atoms with Crippen molar-refractivity contribution in [3.05, 3.63) is 0 Å². The standard InChI is InChI=1S/C6H16N2O3/c1-3-9-5(7)11-6(8)10-4-2/h5-6H,3-4,7-8H2,1-2H3. The molecule has 0 aliphatic rings. The fourth-order valence-corrected chi connectivity index (χ4v) is 0.539. The Balaban J connectivity index is 3.32. The number of hydrogen-bond acceptors (Lipinski definition) is 5. The van der Waals surface area contributed by atoms with Crippen LogP contribution in [0.25, 0.3) is 0 Å². The van der Waals surface area contributed by atoms with Crippen molar-refractivity contribution in [3.63, 3.8) is 0 Å². The van der Waals surface area contributed by atoms with Crippen LogP contribution in [0.5, 0.6) is 0 Å². The topological polar surface area (TPSA) is 79.7 Å². The minimum atomic E-state index is -0.804. The van der Waals surface area contributed by atoms with Gasteiger partial charge in [0.1, 0.15) is 0 Å². The first-order chi connectivity index (χ1) is 5.20. The molecule has 0 heterocycles. The molecule has 0 saturated carbocycles. The first kappa shape index (κ1) is 10.8. The second-order valence-electron chi connectivity index (χ2n) is 1.78. The van der Waals surface area contributed by atoms with Crippen LogP contribution in [-0.4, -0.2) is 26.0 Å². The second-order valence-corrected chi connectivity index (χ2v) is 1.78. The third kappa shape index (κ3) is 6.21. The third-order valence-corrected chi connectivity index (χ3v) is 0.930. The van der Waals surface area contributed by atoms with Gasteiger partial charge in [0.05, 0.1) is 0 Å². The van der Waals surface area contributed by atoms with E-state index in [2.05, 4.69) is 0 Å². The highest BCUT2D eigenvalue weighted by atomic mass is 16.8. The summed E-state index contributed by atoms with van der Waals surface area (Å²) >= 11 is 0. The molecule has 0 radical (unpaired) electrons. The summed E-state index contributed by atoms with van der Waals surface area (Å²) in [6.07, 6.45) is -1.61. The molecule has 0 spiro atoms. The molecule has 4 N–H and O–H groups in total. The summed E-state index contributed by atoms with van der Waals surface area (Å²) in [5, 5.41) is 0. The van der Waals surface area contributed by atoms with Crippen LogP contribution in [-0.2, 0) is 14.2 Å². The summed E-state index contributed by atoms with van der Waals surface area (Å²) in [5.74, 6) is 0. The van der Waals surface area contributed by atoms with Crippen molar-refractivity contribution in [2.75, 3.05) is 13.2 Å². The zero-order valence-electron chi connectivity index (χ0n) is 6.95. The van der Waals surface area contributed by atoms with Crippen LogP contribution in [0.15, 0.2) is 0 Å². The Morgan fingerprint density at radius 1 is 1.00 bits per heavy atom. The van der Waals surface area contributed by atoms with Gasteiger partial charge in [-0.25, -0.2) is 0 Å². The average molecular weight is 164 g/mol. The van der Waals surface area contributed by atoms with E-state index in [4.69, 9.17) is 25.7 Å². The van der Waals surface area contributed by atoms with E-state index in [1.807, 2.05) is 13.8 Å². The molecule has 0 rings (SSSR count). The van der Waals surface area contributed by atoms with Gasteiger partial charge in [0, 0.05) is 13.2 Å². The summed E-state index contributed by atoms with van der Waals surface area (Å²) in [5.41, 5.74) is 10.6. The lowest BCUT2D eigenvalue weighted by atomic mass is 10.8. The van der Waals surface area contributed by atoms with Crippen LogP contribution in [0.2, 0.25) is 0 Å². The Hall–Kier alpha value is -0.200. The molecule has 0 amide bonds. The first-order valence-corrected chi connectivity index (χ1v) is 3.60. The van der Waals surface area contributed by atoms with Gasteiger partial charge in [-0.3, -0.25) is 16.2 Å². The summed E-state index contributed by atoms with van der Waals surface area (Å²) in [7, 11) is 0. The van der Waals surface area contributed by atoms with Crippen molar-refractivity contribution in [1.82, 2.24) is 0 Å². The zero-order chi connectivity index (χ0) is 8.69. The van der Waals surface area contributed by atoms with E-state index < -0.39 is 12.8 Å². The molecular formula is C6H16N2O3. The number of ether oxygens (including phenoxy) is 3. The second kappa shape index (κ2) is 6.51. The number of nitrogens with two attached hydrogens (primary N) is 2. The molecular weight excluding hydrogens is 148 g/mol. The Kier molecular flexibility index (Phi) is 6.39. The number of hydrogen-bond donors (Lipinski definition) is 2. The molecule has 68 valence electrons. The molecule has 0 aromatic carbocycles. The lowest BCUT2D eigenvalue weighted by molar-refractivity contribution is -0.238. The van der Waals surface area contributed by atoms with Gasteiger partial charge < -0.3 is 9.47 Å². The van der Waals surface area contributed by atoms with Gasteiger partial charge in [0.15, 0.2) is 0 Å². The lowest BCUT2D eigenvalue weighted by Gasteiger charge is -2.17. The molecule has 0 aromatic rings. The Labute approximate surface area is 66.6 Å². The van der Waals surface area contributed by atoms with Gasteiger partial charge in [-0.1, -0.05) is 0 Å². The van der Waals surface area contributed by atoms with E-state index in [-0.39, 0.29) is 0 Å². The fourth-order valence-electron chi connectivity index (χ4n) is 0.539. The van der Waals surface area contributed by atoms with Gasteiger partial charge in [-0.2, -0.15) is 0 Å².